The summed E-state index contributed by atoms with van der Waals surface area (Å²) >= 11 is 0. The summed E-state index contributed by atoms with van der Waals surface area (Å²) in [5, 5.41) is 5.92. The van der Waals surface area contributed by atoms with E-state index in [4.69, 9.17) is 0 Å². The SMILES string of the molecule is O=C1CCc2cc(N3CCN(C(=O)NCc4ccccc4)CC3)ccc2N1. The Hall–Kier alpha value is -3.02. The largest absolute Gasteiger partial charge is 0.368 e. The second kappa shape index (κ2) is 7.70. The van der Waals surface area contributed by atoms with Crippen LogP contribution in [0.5, 0.6) is 0 Å². The first-order chi connectivity index (χ1) is 13.2. The van der Waals surface area contributed by atoms with Crippen molar-refractivity contribution >= 4 is 23.3 Å². The van der Waals surface area contributed by atoms with Gasteiger partial charge in [0.25, 0.3) is 0 Å². The van der Waals surface area contributed by atoms with Crippen molar-refractivity contribution in [3.05, 3.63) is 59.7 Å². The van der Waals surface area contributed by atoms with E-state index in [1.54, 1.807) is 0 Å². The Morgan fingerprint density at radius 2 is 1.78 bits per heavy atom. The number of rotatable bonds is 3. The number of benzene rings is 2. The van der Waals surface area contributed by atoms with Crippen molar-refractivity contribution in [2.75, 3.05) is 36.4 Å². The highest BCUT2D eigenvalue weighted by Crippen LogP contribution is 2.28. The second-order valence-corrected chi connectivity index (χ2v) is 7.01. The van der Waals surface area contributed by atoms with Crippen LogP contribution in [0.25, 0.3) is 0 Å². The molecule has 2 heterocycles. The van der Waals surface area contributed by atoms with Crippen LogP contribution in [0.3, 0.4) is 0 Å². The smallest absolute Gasteiger partial charge is 0.317 e. The monoisotopic (exact) mass is 364 g/mol. The molecule has 1 saturated heterocycles. The van der Waals surface area contributed by atoms with Gasteiger partial charge < -0.3 is 20.4 Å². The lowest BCUT2D eigenvalue weighted by molar-refractivity contribution is -0.116. The van der Waals surface area contributed by atoms with Crippen LogP contribution in [0.4, 0.5) is 16.2 Å². The summed E-state index contributed by atoms with van der Waals surface area (Å²) in [5.41, 5.74) is 4.38. The van der Waals surface area contributed by atoms with Crippen LogP contribution >= 0.6 is 0 Å². The molecule has 0 spiro atoms. The lowest BCUT2D eigenvalue weighted by Crippen LogP contribution is -2.51. The average molecular weight is 364 g/mol. The quantitative estimate of drug-likeness (QED) is 0.880. The van der Waals surface area contributed by atoms with Crippen LogP contribution in [-0.4, -0.2) is 43.0 Å². The van der Waals surface area contributed by atoms with Crippen LogP contribution in [0.1, 0.15) is 17.5 Å². The summed E-state index contributed by atoms with van der Waals surface area (Å²) in [6, 6.07) is 16.1. The molecule has 0 radical (unpaired) electrons. The molecule has 6 nitrogen and oxygen atoms in total. The summed E-state index contributed by atoms with van der Waals surface area (Å²) in [7, 11) is 0. The Morgan fingerprint density at radius 1 is 1.00 bits per heavy atom. The third-order valence-electron chi connectivity index (χ3n) is 5.20. The number of fused-ring (bicyclic) bond motifs is 1. The fourth-order valence-electron chi connectivity index (χ4n) is 3.62. The minimum atomic E-state index is -0.00773. The Labute approximate surface area is 159 Å². The molecule has 2 aromatic rings. The van der Waals surface area contributed by atoms with E-state index in [1.165, 1.54) is 5.56 Å². The zero-order chi connectivity index (χ0) is 18.6. The van der Waals surface area contributed by atoms with Crippen molar-refractivity contribution in [2.45, 2.75) is 19.4 Å². The highest BCUT2D eigenvalue weighted by molar-refractivity contribution is 5.94. The fourth-order valence-corrected chi connectivity index (χ4v) is 3.62. The molecule has 0 saturated carbocycles. The van der Waals surface area contributed by atoms with Crippen molar-refractivity contribution in [1.82, 2.24) is 10.2 Å². The lowest BCUT2D eigenvalue weighted by Gasteiger charge is -2.36. The molecule has 2 aliphatic rings. The normalized spacial score (nSPS) is 16.5. The number of carbonyl (C=O) groups excluding carboxylic acids is 2. The number of anilines is 2. The Morgan fingerprint density at radius 3 is 2.56 bits per heavy atom. The van der Waals surface area contributed by atoms with Gasteiger partial charge in [-0.25, -0.2) is 4.79 Å². The van der Waals surface area contributed by atoms with Gasteiger partial charge >= 0.3 is 6.03 Å². The molecule has 6 heteroatoms. The molecule has 0 atom stereocenters. The van der Waals surface area contributed by atoms with Gasteiger partial charge in [-0.2, -0.15) is 0 Å². The zero-order valence-electron chi connectivity index (χ0n) is 15.3. The average Bonchev–Trinajstić information content (AvgIpc) is 2.72. The van der Waals surface area contributed by atoms with Crippen LogP contribution < -0.4 is 15.5 Å². The number of nitrogens with one attached hydrogen (secondary N) is 2. The number of urea groups is 1. The van der Waals surface area contributed by atoms with E-state index in [2.05, 4.69) is 27.7 Å². The summed E-state index contributed by atoms with van der Waals surface area (Å²) < 4.78 is 0. The van der Waals surface area contributed by atoms with Crippen molar-refractivity contribution in [2.24, 2.45) is 0 Å². The van der Waals surface area contributed by atoms with Crippen molar-refractivity contribution < 1.29 is 9.59 Å². The van der Waals surface area contributed by atoms with Crippen LogP contribution in [0.2, 0.25) is 0 Å². The van der Waals surface area contributed by atoms with Gasteiger partial charge in [-0.15, -0.1) is 0 Å². The number of aryl methyl sites for hydroxylation is 1. The second-order valence-electron chi connectivity index (χ2n) is 7.01. The molecular formula is C21H24N4O2. The van der Waals surface area contributed by atoms with E-state index in [9.17, 15) is 9.59 Å². The minimum absolute atomic E-state index is 0.00773. The Bertz CT molecular complexity index is 829. The van der Waals surface area contributed by atoms with Gasteiger partial charge in [0, 0.05) is 50.5 Å². The minimum Gasteiger partial charge on any atom is -0.368 e. The molecule has 1 fully saturated rings. The summed E-state index contributed by atoms with van der Waals surface area (Å²) in [6.07, 6.45) is 1.34. The molecule has 0 aromatic heterocycles. The van der Waals surface area contributed by atoms with E-state index in [1.807, 2.05) is 41.3 Å². The molecule has 27 heavy (non-hydrogen) atoms. The van der Waals surface area contributed by atoms with E-state index in [0.717, 1.165) is 36.4 Å². The summed E-state index contributed by atoms with van der Waals surface area (Å²) in [5.74, 6) is 0.0883. The third kappa shape index (κ3) is 4.05. The zero-order valence-corrected chi connectivity index (χ0v) is 15.3. The van der Waals surface area contributed by atoms with E-state index in [-0.39, 0.29) is 11.9 Å². The highest BCUT2D eigenvalue weighted by atomic mass is 16.2. The first-order valence-corrected chi connectivity index (χ1v) is 9.43. The molecule has 0 bridgehead atoms. The molecule has 140 valence electrons. The summed E-state index contributed by atoms with van der Waals surface area (Å²) in [4.78, 5) is 28.1. The Kier molecular flexibility index (Phi) is 4.96. The molecule has 4 rings (SSSR count). The first kappa shape index (κ1) is 17.4. The van der Waals surface area contributed by atoms with Gasteiger partial charge in [-0.1, -0.05) is 30.3 Å². The fraction of sp³-hybridized carbons (Fsp3) is 0.333. The maximum absolute atomic E-state index is 12.4. The van der Waals surface area contributed by atoms with E-state index in [0.29, 0.717) is 26.1 Å². The number of hydrogen-bond acceptors (Lipinski definition) is 3. The van der Waals surface area contributed by atoms with Gasteiger partial charge in [0.1, 0.15) is 0 Å². The molecular weight excluding hydrogens is 340 g/mol. The van der Waals surface area contributed by atoms with Crippen molar-refractivity contribution in [3.63, 3.8) is 0 Å². The molecule has 0 unspecified atom stereocenters. The maximum Gasteiger partial charge on any atom is 0.317 e. The van der Waals surface area contributed by atoms with E-state index < -0.39 is 0 Å². The molecule has 0 aliphatic carbocycles. The predicted molar refractivity (Wildman–Crippen MR) is 106 cm³/mol. The maximum atomic E-state index is 12.4. The van der Waals surface area contributed by atoms with E-state index >= 15 is 0 Å². The van der Waals surface area contributed by atoms with Gasteiger partial charge in [0.05, 0.1) is 0 Å². The van der Waals surface area contributed by atoms with Gasteiger partial charge in [0.2, 0.25) is 5.91 Å². The molecule has 2 aliphatic heterocycles. The topological polar surface area (TPSA) is 64.7 Å². The number of carbonyl (C=O) groups is 2. The number of amides is 3. The first-order valence-electron chi connectivity index (χ1n) is 9.43. The van der Waals surface area contributed by atoms with Crippen molar-refractivity contribution in [1.29, 1.82) is 0 Å². The number of nitrogens with zero attached hydrogens (tertiary/aromatic N) is 2. The third-order valence-corrected chi connectivity index (χ3v) is 5.20. The number of piperazine rings is 1. The summed E-state index contributed by atoms with van der Waals surface area (Å²) in [6.45, 7) is 3.58. The Balaban J connectivity index is 1.31. The van der Waals surface area contributed by atoms with Gasteiger partial charge in [-0.05, 0) is 35.7 Å². The molecule has 2 aromatic carbocycles. The number of hydrogen-bond donors (Lipinski definition) is 2. The van der Waals surface area contributed by atoms with Crippen LogP contribution in [0, 0.1) is 0 Å². The van der Waals surface area contributed by atoms with Gasteiger partial charge in [-0.3, -0.25) is 4.79 Å². The highest BCUT2D eigenvalue weighted by Gasteiger charge is 2.22. The van der Waals surface area contributed by atoms with Gasteiger partial charge in [0.15, 0.2) is 0 Å². The predicted octanol–water partition coefficient (Wildman–Crippen LogP) is 2.60. The van der Waals surface area contributed by atoms with Crippen molar-refractivity contribution in [3.8, 4) is 0 Å². The van der Waals surface area contributed by atoms with Crippen LogP contribution in [-0.2, 0) is 17.8 Å². The molecule has 3 amide bonds. The molecule has 2 N–H and O–H groups in total. The van der Waals surface area contributed by atoms with Crippen LogP contribution in [0.15, 0.2) is 48.5 Å². The standard InChI is InChI=1S/C21H24N4O2/c26-20-9-6-17-14-18(7-8-19(17)23-20)24-10-12-25(13-11-24)21(27)22-15-16-4-2-1-3-5-16/h1-5,7-8,14H,6,9-13,15H2,(H,22,27)(H,23,26). The lowest BCUT2D eigenvalue weighted by atomic mass is 10.0.